The van der Waals surface area contributed by atoms with Crippen molar-refractivity contribution in [3.8, 4) is 0 Å². The monoisotopic (exact) mass is 265 g/mol. The molecule has 0 amide bonds. The Morgan fingerprint density at radius 3 is 2.94 bits per heavy atom. The summed E-state index contributed by atoms with van der Waals surface area (Å²) in [6.07, 6.45) is 3.37. The number of aliphatic hydroxyl groups excluding tert-OH is 1. The molecule has 3 heteroatoms. The van der Waals surface area contributed by atoms with Crippen LogP contribution in [-0.2, 0) is 5.75 Å². The lowest BCUT2D eigenvalue weighted by atomic mass is 10.00. The van der Waals surface area contributed by atoms with E-state index in [1.54, 1.807) is 0 Å². The molecule has 0 heterocycles. The van der Waals surface area contributed by atoms with Gasteiger partial charge in [0.2, 0.25) is 0 Å². The topological polar surface area (TPSA) is 32.3 Å². The second-order valence-electron chi connectivity index (χ2n) is 5.35. The quantitative estimate of drug-likeness (QED) is 0.858. The molecule has 1 aromatic rings. The number of aryl methyl sites for hydroxylation is 1. The molecule has 1 aliphatic rings. The van der Waals surface area contributed by atoms with Gasteiger partial charge in [-0.15, -0.1) is 0 Å². The summed E-state index contributed by atoms with van der Waals surface area (Å²) in [7, 11) is 1.96. The third-order valence-electron chi connectivity index (χ3n) is 3.96. The van der Waals surface area contributed by atoms with E-state index in [1.165, 1.54) is 17.5 Å². The molecule has 1 fully saturated rings. The van der Waals surface area contributed by atoms with Gasteiger partial charge in [0.05, 0.1) is 6.61 Å². The number of nitrogens with one attached hydrogen (secondary N) is 1. The fraction of sp³-hybridized carbons (Fsp3) is 0.600. The van der Waals surface area contributed by atoms with Gasteiger partial charge >= 0.3 is 0 Å². The van der Waals surface area contributed by atoms with Gasteiger partial charge in [-0.25, -0.2) is 0 Å². The lowest BCUT2D eigenvalue weighted by molar-refractivity contribution is 0.173. The fourth-order valence-corrected chi connectivity index (χ4v) is 4.01. The van der Waals surface area contributed by atoms with E-state index in [2.05, 4.69) is 36.5 Å². The second-order valence-corrected chi connectivity index (χ2v) is 6.64. The molecule has 0 spiro atoms. The molecular formula is C15H23NOS. The van der Waals surface area contributed by atoms with Crippen LogP contribution in [0.2, 0.25) is 0 Å². The van der Waals surface area contributed by atoms with Crippen LogP contribution in [-0.4, -0.2) is 29.5 Å². The number of hydrogen-bond donors (Lipinski definition) is 2. The van der Waals surface area contributed by atoms with Gasteiger partial charge in [0.1, 0.15) is 0 Å². The SMILES string of the molecule is CNC1(CO)CCC(SCc2cccc(C)c2)C1. The van der Waals surface area contributed by atoms with Gasteiger partial charge in [0, 0.05) is 16.5 Å². The molecule has 0 bridgehead atoms. The van der Waals surface area contributed by atoms with Gasteiger partial charge in [-0.2, -0.15) is 11.8 Å². The number of benzene rings is 1. The second kappa shape index (κ2) is 6.09. The van der Waals surface area contributed by atoms with Crippen molar-refractivity contribution < 1.29 is 5.11 Å². The molecule has 18 heavy (non-hydrogen) atoms. The van der Waals surface area contributed by atoms with Gasteiger partial charge in [-0.05, 0) is 38.8 Å². The molecule has 2 nitrogen and oxygen atoms in total. The van der Waals surface area contributed by atoms with E-state index < -0.39 is 0 Å². The summed E-state index contributed by atoms with van der Waals surface area (Å²) in [6.45, 7) is 2.40. The summed E-state index contributed by atoms with van der Waals surface area (Å²) in [6, 6.07) is 8.73. The van der Waals surface area contributed by atoms with Crippen LogP contribution < -0.4 is 5.32 Å². The third kappa shape index (κ3) is 3.28. The maximum Gasteiger partial charge on any atom is 0.0613 e. The highest BCUT2D eigenvalue weighted by Crippen LogP contribution is 2.37. The Morgan fingerprint density at radius 1 is 1.50 bits per heavy atom. The molecule has 0 aliphatic heterocycles. The van der Waals surface area contributed by atoms with Crippen molar-refractivity contribution in [1.29, 1.82) is 0 Å². The molecule has 1 saturated carbocycles. The van der Waals surface area contributed by atoms with Gasteiger partial charge in [0.15, 0.2) is 0 Å². The van der Waals surface area contributed by atoms with Crippen molar-refractivity contribution >= 4 is 11.8 Å². The van der Waals surface area contributed by atoms with E-state index >= 15 is 0 Å². The van der Waals surface area contributed by atoms with Crippen LogP contribution in [0.4, 0.5) is 0 Å². The van der Waals surface area contributed by atoms with Crippen molar-refractivity contribution in [2.45, 2.75) is 42.7 Å². The number of likely N-dealkylation sites (N-methyl/N-ethyl adjacent to an activating group) is 1. The number of hydrogen-bond acceptors (Lipinski definition) is 3. The van der Waals surface area contributed by atoms with E-state index in [4.69, 9.17) is 0 Å². The van der Waals surface area contributed by atoms with Crippen molar-refractivity contribution in [3.05, 3.63) is 35.4 Å². The van der Waals surface area contributed by atoms with E-state index in [0.717, 1.165) is 18.6 Å². The zero-order valence-corrected chi connectivity index (χ0v) is 12.1. The zero-order valence-electron chi connectivity index (χ0n) is 11.3. The Morgan fingerprint density at radius 2 is 2.33 bits per heavy atom. The summed E-state index contributed by atoms with van der Waals surface area (Å²) >= 11 is 2.03. The van der Waals surface area contributed by atoms with Crippen molar-refractivity contribution in [1.82, 2.24) is 5.32 Å². The average molecular weight is 265 g/mol. The van der Waals surface area contributed by atoms with E-state index in [0.29, 0.717) is 5.25 Å². The number of thioether (sulfide) groups is 1. The molecule has 0 radical (unpaired) electrons. The van der Waals surface area contributed by atoms with Crippen LogP contribution in [0.5, 0.6) is 0 Å². The molecule has 0 aromatic heterocycles. The standard InChI is InChI=1S/C15H23NOS/c1-12-4-3-5-13(8-12)10-18-14-6-7-15(9-14,11-17)16-2/h3-5,8,14,16-17H,6-7,9-11H2,1-2H3. The van der Waals surface area contributed by atoms with Gasteiger partial charge < -0.3 is 10.4 Å². The van der Waals surface area contributed by atoms with E-state index in [1.807, 2.05) is 18.8 Å². The Hall–Kier alpha value is -0.510. The highest BCUT2D eigenvalue weighted by molar-refractivity contribution is 7.99. The number of rotatable bonds is 5. The van der Waals surface area contributed by atoms with Crippen LogP contribution in [0.1, 0.15) is 30.4 Å². The first-order valence-electron chi connectivity index (χ1n) is 6.64. The normalized spacial score (nSPS) is 27.6. The van der Waals surface area contributed by atoms with Crippen LogP contribution in [0.25, 0.3) is 0 Å². The third-order valence-corrected chi connectivity index (χ3v) is 5.34. The average Bonchev–Trinajstić information content (AvgIpc) is 2.81. The minimum atomic E-state index is -0.0235. The first-order valence-corrected chi connectivity index (χ1v) is 7.69. The van der Waals surface area contributed by atoms with E-state index in [-0.39, 0.29) is 12.1 Å². The Bertz CT molecular complexity index is 390. The van der Waals surface area contributed by atoms with E-state index in [9.17, 15) is 5.11 Å². The van der Waals surface area contributed by atoms with Crippen molar-refractivity contribution in [2.75, 3.05) is 13.7 Å². The Labute approximate surface area is 114 Å². The highest BCUT2D eigenvalue weighted by Gasteiger charge is 2.37. The maximum atomic E-state index is 9.48. The zero-order chi connectivity index (χ0) is 13.0. The van der Waals surface area contributed by atoms with Gasteiger partial charge in [-0.1, -0.05) is 29.8 Å². The smallest absolute Gasteiger partial charge is 0.0613 e. The lowest BCUT2D eigenvalue weighted by Gasteiger charge is -2.26. The molecule has 0 saturated heterocycles. The summed E-state index contributed by atoms with van der Waals surface area (Å²) in [5, 5.41) is 13.5. The predicted molar refractivity (Wildman–Crippen MR) is 79.0 cm³/mol. The molecule has 1 aliphatic carbocycles. The largest absolute Gasteiger partial charge is 0.394 e. The summed E-state index contributed by atoms with van der Waals surface area (Å²) in [5.74, 6) is 1.08. The predicted octanol–water partition coefficient (Wildman–Crippen LogP) is 2.73. The van der Waals surface area contributed by atoms with Gasteiger partial charge in [0.25, 0.3) is 0 Å². The summed E-state index contributed by atoms with van der Waals surface area (Å²) < 4.78 is 0. The minimum Gasteiger partial charge on any atom is -0.394 e. The van der Waals surface area contributed by atoms with Gasteiger partial charge in [-0.3, -0.25) is 0 Å². The van der Waals surface area contributed by atoms with Crippen molar-refractivity contribution in [2.24, 2.45) is 0 Å². The van der Waals surface area contributed by atoms with Crippen molar-refractivity contribution in [3.63, 3.8) is 0 Å². The first-order chi connectivity index (χ1) is 8.67. The molecule has 1 aromatic carbocycles. The fourth-order valence-electron chi connectivity index (χ4n) is 2.69. The van der Waals surface area contributed by atoms with Crippen LogP contribution >= 0.6 is 11.8 Å². The Kier molecular flexibility index (Phi) is 4.71. The molecular weight excluding hydrogens is 242 g/mol. The molecule has 2 atom stereocenters. The molecule has 2 N–H and O–H groups in total. The highest BCUT2D eigenvalue weighted by atomic mass is 32.2. The molecule has 2 unspecified atom stereocenters. The van der Waals surface area contributed by atoms with Crippen LogP contribution in [0.15, 0.2) is 24.3 Å². The van der Waals surface area contributed by atoms with Crippen LogP contribution in [0, 0.1) is 6.92 Å². The minimum absolute atomic E-state index is 0.0235. The molecule has 2 rings (SSSR count). The summed E-state index contributed by atoms with van der Waals surface area (Å²) in [5.41, 5.74) is 2.72. The Balaban J connectivity index is 1.85. The first kappa shape index (κ1) is 13.9. The maximum absolute atomic E-state index is 9.48. The number of aliphatic hydroxyl groups is 1. The van der Waals surface area contributed by atoms with Crippen LogP contribution in [0.3, 0.4) is 0 Å². The molecule has 100 valence electrons. The lowest BCUT2D eigenvalue weighted by Crippen LogP contribution is -2.44. The summed E-state index contributed by atoms with van der Waals surface area (Å²) in [4.78, 5) is 0.